The average molecular weight is 429 g/mol. The van der Waals surface area contributed by atoms with E-state index in [9.17, 15) is 0 Å². The first-order chi connectivity index (χ1) is 14.1. The van der Waals surface area contributed by atoms with Gasteiger partial charge in [-0.15, -0.1) is 0 Å². The van der Waals surface area contributed by atoms with Gasteiger partial charge in [-0.2, -0.15) is 5.10 Å². The number of ether oxygens (including phenoxy) is 1. The van der Waals surface area contributed by atoms with E-state index in [1.54, 1.807) is 0 Å². The van der Waals surface area contributed by atoms with Gasteiger partial charge in [-0.1, -0.05) is 54.1 Å². The summed E-state index contributed by atoms with van der Waals surface area (Å²) in [4.78, 5) is 2.48. The van der Waals surface area contributed by atoms with Crippen LogP contribution in [0.25, 0.3) is 0 Å². The van der Waals surface area contributed by atoms with Gasteiger partial charge in [0.25, 0.3) is 0 Å². The molecule has 1 atom stereocenters. The molecule has 7 heteroatoms. The number of halogens is 1. The summed E-state index contributed by atoms with van der Waals surface area (Å²) in [6.45, 7) is 2.10. The normalized spacial score (nSPS) is 17.0. The lowest BCUT2D eigenvalue weighted by atomic mass is 10.0. The van der Waals surface area contributed by atoms with Crippen molar-refractivity contribution in [2.75, 3.05) is 6.54 Å². The number of likely N-dealkylation sites (tertiary alicyclic amines) is 1. The van der Waals surface area contributed by atoms with Crippen molar-refractivity contribution in [3.8, 4) is 5.75 Å². The Bertz CT molecular complexity index is 1020. The molecule has 1 aromatic heterocycles. The Morgan fingerprint density at radius 3 is 2.69 bits per heavy atom. The van der Waals surface area contributed by atoms with E-state index in [0.717, 1.165) is 18.8 Å². The van der Waals surface area contributed by atoms with E-state index >= 15 is 0 Å². The van der Waals surface area contributed by atoms with Gasteiger partial charge >= 0.3 is 0 Å². The van der Waals surface area contributed by atoms with E-state index in [-0.39, 0.29) is 0 Å². The molecule has 3 aromatic rings. The van der Waals surface area contributed by atoms with Crippen LogP contribution < -0.4 is 4.74 Å². The van der Waals surface area contributed by atoms with Crippen molar-refractivity contribution >= 4 is 23.8 Å². The van der Waals surface area contributed by atoms with Crippen molar-refractivity contribution in [2.24, 2.45) is 7.05 Å². The Morgan fingerprint density at radius 2 is 1.90 bits per heavy atom. The highest BCUT2D eigenvalue weighted by Gasteiger charge is 2.25. The minimum Gasteiger partial charge on any atom is -0.484 e. The topological polar surface area (TPSA) is 35.2 Å². The fourth-order valence-electron chi connectivity index (χ4n) is 3.83. The first kappa shape index (κ1) is 20.1. The van der Waals surface area contributed by atoms with Gasteiger partial charge in [-0.3, -0.25) is 4.90 Å². The van der Waals surface area contributed by atoms with Crippen molar-refractivity contribution in [2.45, 2.75) is 38.6 Å². The number of benzene rings is 2. The second-order valence-electron chi connectivity index (χ2n) is 7.42. The van der Waals surface area contributed by atoms with Crippen molar-refractivity contribution < 1.29 is 4.74 Å². The fraction of sp³-hybridized carbons (Fsp3) is 0.364. The minimum absolute atomic E-state index is 0.324. The first-order valence-corrected chi connectivity index (χ1v) is 10.7. The molecule has 1 aliphatic rings. The molecule has 29 heavy (non-hydrogen) atoms. The van der Waals surface area contributed by atoms with Crippen molar-refractivity contribution in [1.29, 1.82) is 0 Å². The van der Waals surface area contributed by atoms with Crippen LogP contribution in [-0.2, 0) is 26.7 Å². The van der Waals surface area contributed by atoms with Gasteiger partial charge in [0, 0.05) is 19.6 Å². The zero-order valence-electron chi connectivity index (χ0n) is 16.5. The number of aromatic nitrogens is 3. The average Bonchev–Trinajstić information content (AvgIpc) is 3.28. The summed E-state index contributed by atoms with van der Waals surface area (Å²) < 4.78 is 10.4. The van der Waals surface area contributed by atoms with Crippen LogP contribution in [0, 0.1) is 4.77 Å². The Kier molecular flexibility index (Phi) is 6.33. The molecule has 1 unspecified atom stereocenters. The van der Waals surface area contributed by atoms with E-state index in [1.807, 2.05) is 40.6 Å². The van der Waals surface area contributed by atoms with Gasteiger partial charge in [0.15, 0.2) is 10.6 Å². The molecule has 152 valence electrons. The monoisotopic (exact) mass is 428 g/mol. The molecular formula is C22H25ClN4OS. The predicted octanol–water partition coefficient (Wildman–Crippen LogP) is 4.85. The van der Waals surface area contributed by atoms with E-state index in [4.69, 9.17) is 33.7 Å². The van der Waals surface area contributed by atoms with E-state index in [1.165, 1.54) is 18.4 Å². The third-order valence-corrected chi connectivity index (χ3v) is 6.25. The lowest BCUT2D eigenvalue weighted by Gasteiger charge is -2.24. The molecule has 0 radical (unpaired) electrons. The van der Waals surface area contributed by atoms with Crippen molar-refractivity contribution in [3.05, 3.63) is 75.8 Å². The first-order valence-electron chi connectivity index (χ1n) is 9.90. The maximum absolute atomic E-state index is 6.18. The summed E-state index contributed by atoms with van der Waals surface area (Å²) in [5.41, 5.74) is 1.38. The number of para-hydroxylation sites is 1. The number of hydrogen-bond donors (Lipinski definition) is 0. The smallest absolute Gasteiger partial charge is 0.198 e. The van der Waals surface area contributed by atoms with E-state index in [0.29, 0.717) is 34.9 Å². The summed E-state index contributed by atoms with van der Waals surface area (Å²) >= 11 is 11.8. The van der Waals surface area contributed by atoms with Crippen LogP contribution in [0.1, 0.15) is 24.2 Å². The van der Waals surface area contributed by atoms with Gasteiger partial charge in [0.2, 0.25) is 0 Å². The molecule has 0 bridgehead atoms. The second-order valence-corrected chi connectivity index (χ2v) is 8.19. The quantitative estimate of drug-likeness (QED) is 0.504. The van der Waals surface area contributed by atoms with Gasteiger partial charge in [-0.25, -0.2) is 4.68 Å². The summed E-state index contributed by atoms with van der Waals surface area (Å²) in [6.07, 6.45) is 3.47. The molecule has 1 aliphatic heterocycles. The number of rotatable bonds is 7. The molecule has 2 aromatic carbocycles. The van der Waals surface area contributed by atoms with Gasteiger partial charge < -0.3 is 9.30 Å². The Morgan fingerprint density at radius 1 is 1.14 bits per heavy atom. The zero-order chi connectivity index (χ0) is 20.2. The van der Waals surface area contributed by atoms with Gasteiger partial charge in [-0.05, 0) is 49.2 Å². The summed E-state index contributed by atoms with van der Waals surface area (Å²) in [5, 5.41) is 5.32. The van der Waals surface area contributed by atoms with Crippen LogP contribution in [0.5, 0.6) is 5.75 Å². The minimum atomic E-state index is 0.324. The summed E-state index contributed by atoms with van der Waals surface area (Å²) in [7, 11) is 1.93. The van der Waals surface area contributed by atoms with Gasteiger partial charge in [0.05, 0.1) is 11.7 Å². The maximum Gasteiger partial charge on any atom is 0.198 e. The molecule has 4 rings (SSSR count). The maximum atomic E-state index is 6.18. The predicted molar refractivity (Wildman–Crippen MR) is 118 cm³/mol. The molecule has 0 aliphatic carbocycles. The third-order valence-electron chi connectivity index (χ3n) is 5.45. The molecular weight excluding hydrogens is 404 g/mol. The highest BCUT2D eigenvalue weighted by atomic mass is 35.5. The molecule has 0 saturated carbocycles. The number of hydrogen-bond acceptors (Lipinski definition) is 4. The van der Waals surface area contributed by atoms with E-state index in [2.05, 4.69) is 35.2 Å². The Hall–Kier alpha value is -2.15. The van der Waals surface area contributed by atoms with Crippen LogP contribution >= 0.6 is 23.8 Å². The standard InChI is InChI=1S/C22H25ClN4OS/c1-25-21(15-28-20-12-6-5-11-19(20)23)24-27(22(25)29)16-26-13-7-10-18(26)14-17-8-3-2-4-9-17/h2-6,8-9,11-12,18H,7,10,13-16H2,1H3. The molecule has 2 heterocycles. The SMILES string of the molecule is Cn1c(COc2ccccc2Cl)nn(CN2CCCC2Cc2ccccc2)c1=S. The molecule has 5 nitrogen and oxygen atoms in total. The van der Waals surface area contributed by atoms with Crippen molar-refractivity contribution in [1.82, 2.24) is 19.2 Å². The zero-order valence-corrected chi connectivity index (χ0v) is 18.1. The Labute approximate surface area is 181 Å². The second kappa shape index (κ2) is 9.11. The van der Waals surface area contributed by atoms with Crippen LogP contribution in [-0.4, -0.2) is 31.8 Å². The highest BCUT2D eigenvalue weighted by molar-refractivity contribution is 7.71. The summed E-state index contributed by atoms with van der Waals surface area (Å²) in [5.74, 6) is 1.44. The fourth-order valence-corrected chi connectivity index (χ4v) is 4.22. The molecule has 0 spiro atoms. The van der Waals surface area contributed by atoms with Crippen LogP contribution in [0.3, 0.4) is 0 Å². The summed E-state index contributed by atoms with van der Waals surface area (Å²) in [6, 6.07) is 18.6. The van der Waals surface area contributed by atoms with Gasteiger partial charge in [0.1, 0.15) is 12.4 Å². The number of nitrogens with zero attached hydrogens (tertiary/aromatic N) is 4. The van der Waals surface area contributed by atoms with Crippen molar-refractivity contribution in [3.63, 3.8) is 0 Å². The Balaban J connectivity index is 1.44. The molecule has 0 amide bonds. The highest BCUT2D eigenvalue weighted by Crippen LogP contribution is 2.24. The molecule has 1 fully saturated rings. The molecule has 0 N–H and O–H groups in total. The molecule has 1 saturated heterocycles. The van der Waals surface area contributed by atoms with Crippen LogP contribution in [0.4, 0.5) is 0 Å². The lowest BCUT2D eigenvalue weighted by molar-refractivity contribution is 0.186. The lowest BCUT2D eigenvalue weighted by Crippen LogP contribution is -2.33. The van der Waals surface area contributed by atoms with Crippen LogP contribution in [0.15, 0.2) is 54.6 Å². The van der Waals surface area contributed by atoms with Crippen LogP contribution in [0.2, 0.25) is 5.02 Å². The third kappa shape index (κ3) is 4.71. The van der Waals surface area contributed by atoms with E-state index < -0.39 is 0 Å². The largest absolute Gasteiger partial charge is 0.484 e.